The van der Waals surface area contributed by atoms with E-state index in [0.29, 0.717) is 0 Å². The molecule has 10 nitrogen and oxygen atoms in total. The van der Waals surface area contributed by atoms with Gasteiger partial charge >= 0.3 is 0 Å². The number of alkyl halides is 1. The molecular formula is C24H22ClN5O5. The maximum absolute atomic E-state index is 13.5. The summed E-state index contributed by atoms with van der Waals surface area (Å²) in [7, 11) is 1.34. The predicted molar refractivity (Wildman–Crippen MR) is 128 cm³/mol. The van der Waals surface area contributed by atoms with Crippen molar-refractivity contribution in [3.8, 4) is 0 Å². The van der Waals surface area contributed by atoms with Crippen LogP contribution in [0.5, 0.6) is 0 Å². The molecule has 4 aromatic rings. The molecule has 0 saturated carbocycles. The highest BCUT2D eigenvalue weighted by molar-refractivity contribution is 6.27. The number of hydrogen-bond donors (Lipinski definition) is 2. The summed E-state index contributed by atoms with van der Waals surface area (Å²) in [6.45, 7) is -0.460. The first-order chi connectivity index (χ1) is 17.0. The molecule has 2 aromatic heterocycles. The molecule has 0 saturated heterocycles. The Bertz CT molecular complexity index is 1260. The number of aromatic nitrogens is 4. The summed E-state index contributed by atoms with van der Waals surface area (Å²) in [6.07, 6.45) is 0.226. The molecule has 0 aliphatic heterocycles. The van der Waals surface area contributed by atoms with E-state index in [0.717, 1.165) is 4.90 Å². The van der Waals surface area contributed by atoms with Gasteiger partial charge in [-0.15, -0.1) is 0 Å². The molecule has 0 unspecified atom stereocenters. The number of nitrogens with zero attached hydrogens (tertiary/aromatic N) is 5. The number of carbonyl (C=O) groups excluding carboxylic acids is 2. The van der Waals surface area contributed by atoms with E-state index in [-0.39, 0.29) is 28.1 Å². The van der Waals surface area contributed by atoms with Crippen LogP contribution in [-0.4, -0.2) is 67.5 Å². The molecule has 0 spiro atoms. The molecule has 0 fully saturated rings. The molecule has 2 aromatic carbocycles. The molecule has 0 radical (unpaired) electrons. The second-order valence-electron chi connectivity index (χ2n) is 7.52. The molecule has 0 bridgehead atoms. The summed E-state index contributed by atoms with van der Waals surface area (Å²) < 4.78 is 6.42. The van der Waals surface area contributed by atoms with Gasteiger partial charge < -0.3 is 14.9 Å². The van der Waals surface area contributed by atoms with Crippen molar-refractivity contribution in [1.29, 1.82) is 0 Å². The van der Waals surface area contributed by atoms with E-state index in [1.807, 2.05) is 0 Å². The van der Waals surface area contributed by atoms with E-state index in [2.05, 4.69) is 15.0 Å². The lowest BCUT2D eigenvalue weighted by Gasteiger charge is -2.24. The van der Waals surface area contributed by atoms with Gasteiger partial charge in [0.2, 0.25) is 0 Å². The van der Waals surface area contributed by atoms with Crippen LogP contribution in [0.3, 0.4) is 0 Å². The number of rotatable bonds is 8. The number of fused-ring (bicyclic) bond motifs is 1. The lowest BCUT2D eigenvalue weighted by molar-refractivity contribution is -0.0494. The molecule has 2 heterocycles. The molecule has 11 heteroatoms. The van der Waals surface area contributed by atoms with Gasteiger partial charge in [0, 0.05) is 18.2 Å². The van der Waals surface area contributed by atoms with E-state index in [9.17, 15) is 19.8 Å². The lowest BCUT2D eigenvalue weighted by atomic mass is 10.1. The van der Waals surface area contributed by atoms with Gasteiger partial charge in [-0.25, -0.2) is 19.9 Å². The largest absolute Gasteiger partial charge is 0.394 e. The van der Waals surface area contributed by atoms with Crippen LogP contribution in [-0.2, 0) is 4.74 Å². The SMILES string of the molecule is CO[C@H](CO)[C@@H](O)[C@@H](Cl)n1cnc2c(N(C(=O)c3ccccc3)C(=O)c3ccccc3)ncnc21. The standard InChI is InChI=1S/C24H22ClN5O5/c1-35-17(12-31)19(32)20(25)29-14-28-18-21(29)26-13-27-22(18)30(23(33)15-8-4-2-5-9-15)24(34)16-10-6-3-7-11-16/h2-11,13-14,17,19-20,31-32H,12H2,1H3/t17-,19-,20+/m1/s1. The van der Waals surface area contributed by atoms with Gasteiger partial charge in [-0.05, 0) is 24.3 Å². The number of amides is 2. The Hall–Kier alpha value is -3.70. The van der Waals surface area contributed by atoms with E-state index in [4.69, 9.17) is 16.3 Å². The first-order valence-electron chi connectivity index (χ1n) is 10.6. The molecular weight excluding hydrogens is 474 g/mol. The van der Waals surface area contributed by atoms with Crippen LogP contribution in [0, 0.1) is 0 Å². The van der Waals surface area contributed by atoms with Crippen molar-refractivity contribution in [2.75, 3.05) is 18.6 Å². The summed E-state index contributed by atoms with van der Waals surface area (Å²) in [5.74, 6) is -1.24. The fraction of sp³-hybridized carbons (Fsp3) is 0.208. The number of aliphatic hydroxyl groups is 2. The minimum Gasteiger partial charge on any atom is -0.394 e. The molecule has 0 aliphatic carbocycles. The van der Waals surface area contributed by atoms with Crippen molar-refractivity contribution < 1.29 is 24.5 Å². The van der Waals surface area contributed by atoms with Crippen molar-refractivity contribution in [3.05, 3.63) is 84.4 Å². The van der Waals surface area contributed by atoms with Gasteiger partial charge in [0.05, 0.1) is 12.9 Å². The maximum atomic E-state index is 13.5. The number of benzene rings is 2. The first kappa shape index (κ1) is 24.4. The summed E-state index contributed by atoms with van der Waals surface area (Å²) in [5, 5.41) is 20.0. The quantitative estimate of drug-likeness (QED) is 0.281. The van der Waals surface area contributed by atoms with E-state index < -0.39 is 36.1 Å². The van der Waals surface area contributed by atoms with Gasteiger partial charge in [-0.2, -0.15) is 0 Å². The zero-order chi connectivity index (χ0) is 24.9. The molecule has 4 rings (SSSR count). The van der Waals surface area contributed by atoms with Gasteiger partial charge in [0.25, 0.3) is 11.8 Å². The number of ether oxygens (including phenoxy) is 1. The number of aliphatic hydroxyl groups excluding tert-OH is 2. The molecule has 35 heavy (non-hydrogen) atoms. The number of carbonyl (C=O) groups is 2. The number of imide groups is 1. The van der Waals surface area contributed by atoms with E-state index >= 15 is 0 Å². The average molecular weight is 496 g/mol. The van der Waals surface area contributed by atoms with Gasteiger partial charge in [-0.1, -0.05) is 48.0 Å². The monoisotopic (exact) mass is 495 g/mol. The highest BCUT2D eigenvalue weighted by Crippen LogP contribution is 2.29. The zero-order valence-electron chi connectivity index (χ0n) is 18.6. The van der Waals surface area contributed by atoms with E-state index in [1.165, 1.54) is 24.3 Å². The van der Waals surface area contributed by atoms with Crippen LogP contribution in [0.4, 0.5) is 5.82 Å². The van der Waals surface area contributed by atoms with Crippen molar-refractivity contribution in [2.24, 2.45) is 0 Å². The van der Waals surface area contributed by atoms with Crippen LogP contribution in [0.2, 0.25) is 0 Å². The van der Waals surface area contributed by atoms with Crippen LogP contribution in [0.25, 0.3) is 11.2 Å². The molecule has 3 atom stereocenters. The normalized spacial score (nSPS) is 13.8. The third kappa shape index (κ3) is 4.77. The Kier molecular flexibility index (Phi) is 7.47. The van der Waals surface area contributed by atoms with Crippen LogP contribution in [0.1, 0.15) is 26.2 Å². The number of halogens is 1. The predicted octanol–water partition coefficient (Wildman–Crippen LogP) is 2.42. The van der Waals surface area contributed by atoms with Crippen LogP contribution in [0.15, 0.2) is 73.3 Å². The third-order valence-electron chi connectivity index (χ3n) is 5.41. The zero-order valence-corrected chi connectivity index (χ0v) is 19.4. The molecule has 0 aliphatic rings. The number of anilines is 1. The summed E-state index contributed by atoms with van der Waals surface area (Å²) in [5.41, 5.74) is -0.271. The fourth-order valence-corrected chi connectivity index (χ4v) is 3.86. The highest BCUT2D eigenvalue weighted by atomic mass is 35.5. The first-order valence-corrected chi connectivity index (χ1v) is 11.0. The Morgan fingerprint density at radius 1 is 1.00 bits per heavy atom. The second-order valence-corrected chi connectivity index (χ2v) is 7.97. The van der Waals surface area contributed by atoms with Gasteiger partial charge in [0.15, 0.2) is 17.0 Å². The Labute approximate surface area is 205 Å². The van der Waals surface area contributed by atoms with Gasteiger partial charge in [0.1, 0.15) is 24.0 Å². The van der Waals surface area contributed by atoms with Crippen molar-refractivity contribution >= 4 is 40.4 Å². The minimum absolute atomic E-state index is 0.0414. The van der Waals surface area contributed by atoms with Gasteiger partial charge in [-0.3, -0.25) is 14.2 Å². The summed E-state index contributed by atoms with van der Waals surface area (Å²) in [4.78, 5) is 40.7. The third-order valence-corrected chi connectivity index (χ3v) is 5.88. The minimum atomic E-state index is -1.31. The topological polar surface area (TPSA) is 131 Å². The van der Waals surface area contributed by atoms with Crippen molar-refractivity contribution in [1.82, 2.24) is 19.5 Å². The van der Waals surface area contributed by atoms with Crippen LogP contribution >= 0.6 is 11.6 Å². The smallest absolute Gasteiger partial charge is 0.266 e. The van der Waals surface area contributed by atoms with Crippen molar-refractivity contribution in [3.63, 3.8) is 0 Å². The Balaban J connectivity index is 1.83. The Morgan fingerprint density at radius 2 is 1.57 bits per heavy atom. The number of methoxy groups -OCH3 is 1. The Morgan fingerprint density at radius 3 is 2.09 bits per heavy atom. The average Bonchev–Trinajstić information content (AvgIpc) is 3.35. The van der Waals surface area contributed by atoms with E-state index in [1.54, 1.807) is 60.7 Å². The molecule has 2 N–H and O–H groups in total. The maximum Gasteiger partial charge on any atom is 0.266 e. The highest BCUT2D eigenvalue weighted by Gasteiger charge is 2.32. The number of imidazole rings is 1. The summed E-state index contributed by atoms with van der Waals surface area (Å²) in [6, 6.07) is 16.7. The fourth-order valence-electron chi connectivity index (χ4n) is 3.55. The number of hydrogen-bond acceptors (Lipinski definition) is 8. The lowest BCUT2D eigenvalue weighted by Crippen LogP contribution is -2.38. The second kappa shape index (κ2) is 10.7. The van der Waals surface area contributed by atoms with Crippen LogP contribution < -0.4 is 4.90 Å². The summed E-state index contributed by atoms with van der Waals surface area (Å²) >= 11 is 6.45. The van der Waals surface area contributed by atoms with Crippen molar-refractivity contribution in [2.45, 2.75) is 17.7 Å². The molecule has 180 valence electrons. The molecule has 2 amide bonds.